The minimum Gasteiger partial charge on any atom is -0.508 e. The minimum absolute atomic E-state index is 0.0107. The van der Waals surface area contributed by atoms with Crippen LogP contribution in [0.4, 0.5) is 0 Å². The lowest BCUT2D eigenvalue weighted by Crippen LogP contribution is -2.57. The van der Waals surface area contributed by atoms with Gasteiger partial charge in [0, 0.05) is 13.0 Å². The Bertz CT molecular complexity index is 967. The molecule has 0 aliphatic carbocycles. The third-order valence-electron chi connectivity index (χ3n) is 6.38. The molecule has 0 bridgehead atoms. The fourth-order valence-corrected chi connectivity index (χ4v) is 3.98. The molecule has 198 valence electrons. The molecular formula is C24H34N4O8. The topological polar surface area (TPSA) is 199 Å². The SMILES string of the molecule is CCC(C)C(N)C(=O)N1CCCC1C(=O)NC(CC(=O)O)C(=O)NC(Cc1ccc(O)cc1)C(=O)O. The van der Waals surface area contributed by atoms with Gasteiger partial charge < -0.3 is 36.6 Å². The number of rotatable bonds is 12. The molecule has 7 N–H and O–H groups in total. The third kappa shape index (κ3) is 7.67. The number of carbonyl (C=O) groups is 5. The lowest BCUT2D eigenvalue weighted by molar-refractivity contribution is -0.145. The van der Waals surface area contributed by atoms with E-state index in [4.69, 9.17) is 5.73 Å². The molecule has 0 saturated carbocycles. The van der Waals surface area contributed by atoms with E-state index in [9.17, 15) is 39.3 Å². The molecule has 0 radical (unpaired) electrons. The normalized spacial score (nSPS) is 18.5. The van der Waals surface area contributed by atoms with Crippen LogP contribution in [0.1, 0.15) is 45.1 Å². The van der Waals surface area contributed by atoms with Crippen LogP contribution in [0.2, 0.25) is 0 Å². The van der Waals surface area contributed by atoms with E-state index in [2.05, 4.69) is 10.6 Å². The fraction of sp³-hybridized carbons (Fsp3) is 0.542. The molecule has 1 fully saturated rings. The Labute approximate surface area is 208 Å². The zero-order valence-corrected chi connectivity index (χ0v) is 20.3. The number of carbonyl (C=O) groups excluding carboxylic acids is 3. The van der Waals surface area contributed by atoms with Crippen LogP contribution >= 0.6 is 0 Å². The zero-order chi connectivity index (χ0) is 27.0. The van der Waals surface area contributed by atoms with Crippen molar-refractivity contribution in [1.29, 1.82) is 0 Å². The maximum atomic E-state index is 13.0. The molecule has 1 aliphatic heterocycles. The predicted molar refractivity (Wildman–Crippen MR) is 128 cm³/mol. The first kappa shape index (κ1) is 28.6. The number of carboxylic acid groups (broad SMARTS) is 2. The summed E-state index contributed by atoms with van der Waals surface area (Å²) in [4.78, 5) is 63.1. The van der Waals surface area contributed by atoms with Crippen molar-refractivity contribution in [3.8, 4) is 5.75 Å². The van der Waals surface area contributed by atoms with Gasteiger partial charge in [0.05, 0.1) is 12.5 Å². The number of carboxylic acids is 2. The maximum absolute atomic E-state index is 13.0. The summed E-state index contributed by atoms with van der Waals surface area (Å²) in [7, 11) is 0. The summed E-state index contributed by atoms with van der Waals surface area (Å²) in [5.74, 6) is -4.92. The van der Waals surface area contributed by atoms with Crippen molar-refractivity contribution in [3.05, 3.63) is 29.8 Å². The van der Waals surface area contributed by atoms with Crippen molar-refractivity contribution >= 4 is 29.7 Å². The molecule has 12 nitrogen and oxygen atoms in total. The van der Waals surface area contributed by atoms with Gasteiger partial charge in [-0.1, -0.05) is 32.4 Å². The van der Waals surface area contributed by atoms with Crippen molar-refractivity contribution in [2.75, 3.05) is 6.54 Å². The van der Waals surface area contributed by atoms with Crippen LogP contribution in [0.3, 0.4) is 0 Å². The van der Waals surface area contributed by atoms with Gasteiger partial charge in [0.25, 0.3) is 0 Å². The number of nitrogens with two attached hydrogens (primary N) is 1. The largest absolute Gasteiger partial charge is 0.508 e. The van der Waals surface area contributed by atoms with Gasteiger partial charge in [-0.05, 0) is 36.5 Å². The maximum Gasteiger partial charge on any atom is 0.326 e. The monoisotopic (exact) mass is 506 g/mol. The van der Waals surface area contributed by atoms with Gasteiger partial charge in [0.1, 0.15) is 23.9 Å². The van der Waals surface area contributed by atoms with Crippen LogP contribution in [-0.4, -0.2) is 80.6 Å². The highest BCUT2D eigenvalue weighted by molar-refractivity contribution is 5.96. The van der Waals surface area contributed by atoms with Crippen LogP contribution in [0.5, 0.6) is 5.75 Å². The summed E-state index contributed by atoms with van der Waals surface area (Å²) < 4.78 is 0. The quantitative estimate of drug-likeness (QED) is 0.223. The van der Waals surface area contributed by atoms with Gasteiger partial charge in [-0.15, -0.1) is 0 Å². The molecule has 3 amide bonds. The van der Waals surface area contributed by atoms with E-state index in [1.165, 1.54) is 29.2 Å². The lowest BCUT2D eigenvalue weighted by atomic mass is 9.98. The highest BCUT2D eigenvalue weighted by Crippen LogP contribution is 2.21. The summed E-state index contributed by atoms with van der Waals surface area (Å²) in [6.07, 6.45) is 0.627. The molecule has 2 rings (SSSR count). The van der Waals surface area contributed by atoms with E-state index in [-0.39, 0.29) is 24.0 Å². The Morgan fingerprint density at radius 1 is 1.08 bits per heavy atom. The van der Waals surface area contributed by atoms with Gasteiger partial charge in [-0.3, -0.25) is 19.2 Å². The van der Waals surface area contributed by atoms with Gasteiger partial charge >= 0.3 is 11.9 Å². The van der Waals surface area contributed by atoms with Gasteiger partial charge in [-0.2, -0.15) is 0 Å². The highest BCUT2D eigenvalue weighted by Gasteiger charge is 2.39. The van der Waals surface area contributed by atoms with Crippen LogP contribution in [0, 0.1) is 5.92 Å². The van der Waals surface area contributed by atoms with Crippen LogP contribution in [0.15, 0.2) is 24.3 Å². The molecule has 0 aromatic heterocycles. The molecule has 1 heterocycles. The smallest absolute Gasteiger partial charge is 0.326 e. The minimum atomic E-state index is -1.56. The summed E-state index contributed by atoms with van der Waals surface area (Å²) in [5.41, 5.74) is 6.56. The van der Waals surface area contributed by atoms with Crippen molar-refractivity contribution in [1.82, 2.24) is 15.5 Å². The fourth-order valence-electron chi connectivity index (χ4n) is 3.98. The molecule has 36 heavy (non-hydrogen) atoms. The number of hydrogen-bond donors (Lipinski definition) is 6. The van der Waals surface area contributed by atoms with Gasteiger partial charge in [0.2, 0.25) is 17.7 Å². The average molecular weight is 507 g/mol. The number of phenolic OH excluding ortho intramolecular Hbond substituents is 1. The average Bonchev–Trinajstić information content (AvgIpc) is 3.32. The number of hydrogen-bond acceptors (Lipinski definition) is 7. The number of nitrogens with one attached hydrogen (secondary N) is 2. The van der Waals surface area contributed by atoms with E-state index in [1.54, 1.807) is 0 Å². The molecule has 5 atom stereocenters. The number of aliphatic carboxylic acids is 2. The number of phenols is 1. The highest BCUT2D eigenvalue weighted by atomic mass is 16.4. The predicted octanol–water partition coefficient (Wildman–Crippen LogP) is -0.172. The van der Waals surface area contributed by atoms with Crippen LogP contribution in [-0.2, 0) is 30.4 Å². The van der Waals surface area contributed by atoms with Gasteiger partial charge in [0.15, 0.2) is 0 Å². The number of likely N-dealkylation sites (tertiary alicyclic amines) is 1. The standard InChI is InChI=1S/C24H34N4O8/c1-3-13(2)20(25)23(34)28-10-4-5-18(28)22(33)26-16(12-19(30)31)21(32)27-17(24(35)36)11-14-6-8-15(29)9-7-14/h6-9,13,16-18,20,29H,3-5,10-12,25H2,1-2H3,(H,26,33)(H,27,32)(H,30,31)(H,35,36). The van der Waals surface area contributed by atoms with Crippen molar-refractivity contribution in [3.63, 3.8) is 0 Å². The van der Waals surface area contributed by atoms with E-state index in [0.29, 0.717) is 31.4 Å². The number of amides is 3. The molecule has 1 saturated heterocycles. The Hall–Kier alpha value is -3.67. The third-order valence-corrected chi connectivity index (χ3v) is 6.38. The van der Waals surface area contributed by atoms with E-state index >= 15 is 0 Å². The van der Waals surface area contributed by atoms with E-state index in [1.807, 2.05) is 13.8 Å². The van der Waals surface area contributed by atoms with Gasteiger partial charge in [-0.25, -0.2) is 4.79 Å². The molecule has 5 unspecified atom stereocenters. The molecule has 1 aromatic carbocycles. The Morgan fingerprint density at radius 2 is 1.72 bits per heavy atom. The zero-order valence-electron chi connectivity index (χ0n) is 20.3. The molecule has 12 heteroatoms. The van der Waals surface area contributed by atoms with Crippen LogP contribution < -0.4 is 16.4 Å². The molecule has 0 spiro atoms. The first-order valence-corrected chi connectivity index (χ1v) is 11.8. The first-order chi connectivity index (χ1) is 16.9. The molecule has 1 aromatic rings. The summed E-state index contributed by atoms with van der Waals surface area (Å²) >= 11 is 0. The summed E-state index contributed by atoms with van der Waals surface area (Å²) in [6.45, 7) is 4.04. The number of nitrogens with zero attached hydrogens (tertiary/aromatic N) is 1. The second-order valence-electron chi connectivity index (χ2n) is 9.03. The summed E-state index contributed by atoms with van der Waals surface area (Å²) in [6, 6.07) is 1.04. The number of benzene rings is 1. The lowest BCUT2D eigenvalue weighted by Gasteiger charge is -2.30. The van der Waals surface area contributed by atoms with Crippen molar-refractivity contribution in [2.24, 2.45) is 11.7 Å². The Kier molecular flexibility index (Phi) is 10.2. The second-order valence-corrected chi connectivity index (χ2v) is 9.03. The Morgan fingerprint density at radius 3 is 2.28 bits per heavy atom. The van der Waals surface area contributed by atoms with E-state index < -0.39 is 54.3 Å². The van der Waals surface area contributed by atoms with E-state index in [0.717, 1.165) is 0 Å². The number of aromatic hydroxyl groups is 1. The van der Waals surface area contributed by atoms with Crippen LogP contribution in [0.25, 0.3) is 0 Å². The summed E-state index contributed by atoms with van der Waals surface area (Å²) in [5, 5.41) is 32.9. The molecule has 1 aliphatic rings. The Balaban J connectivity index is 2.13. The first-order valence-electron chi connectivity index (χ1n) is 11.8. The van der Waals surface area contributed by atoms with Crippen molar-refractivity contribution < 1.29 is 39.3 Å². The molecular weight excluding hydrogens is 472 g/mol. The van der Waals surface area contributed by atoms with Crippen molar-refractivity contribution in [2.45, 2.75) is 70.1 Å². The second kappa shape index (κ2) is 12.9.